The molecule has 1 rings (SSSR count). The molecule has 0 saturated heterocycles. The molecule has 1 atom stereocenters. The summed E-state index contributed by atoms with van der Waals surface area (Å²) < 4.78 is 3.74. The van der Waals surface area contributed by atoms with Crippen molar-refractivity contribution in [1.29, 1.82) is 0 Å². The number of nitrogens with two attached hydrogens (primary N) is 1. The number of aliphatic hydroxyl groups excluding tert-OH is 1. The van der Waals surface area contributed by atoms with Crippen LogP contribution in [0.25, 0.3) is 0 Å². The highest BCUT2D eigenvalue weighted by Gasteiger charge is 2.12. The van der Waals surface area contributed by atoms with Gasteiger partial charge in [-0.2, -0.15) is 0 Å². The Morgan fingerprint density at radius 3 is 2.85 bits per heavy atom. The molecule has 1 heterocycles. The van der Waals surface area contributed by atoms with Gasteiger partial charge in [0.1, 0.15) is 10.7 Å². The Morgan fingerprint density at radius 2 is 2.38 bits per heavy atom. The number of nitrogen functional groups attached to an aromatic ring is 1. The fraction of sp³-hybridized carbons (Fsp3) is 0.714. The average molecular weight is 202 g/mol. The van der Waals surface area contributed by atoms with Crippen molar-refractivity contribution in [3.63, 3.8) is 0 Å². The third-order valence-corrected chi connectivity index (χ3v) is 2.60. The van der Waals surface area contributed by atoms with Gasteiger partial charge in [0, 0.05) is 24.1 Å². The molecule has 5 nitrogen and oxygen atoms in total. The first kappa shape index (κ1) is 10.4. The first-order valence-corrected chi connectivity index (χ1v) is 4.80. The van der Waals surface area contributed by atoms with Crippen molar-refractivity contribution in [3.8, 4) is 0 Å². The molecular formula is C7H14N4OS. The lowest BCUT2D eigenvalue weighted by Gasteiger charge is -2.21. The van der Waals surface area contributed by atoms with E-state index >= 15 is 0 Å². The Bertz CT molecular complexity index is 265. The van der Waals surface area contributed by atoms with Crippen molar-refractivity contribution in [2.24, 2.45) is 0 Å². The van der Waals surface area contributed by atoms with Gasteiger partial charge in [-0.1, -0.05) is 4.49 Å². The summed E-state index contributed by atoms with van der Waals surface area (Å²) >= 11 is 1.19. The second-order valence-electron chi connectivity index (χ2n) is 3.03. The standard InChI is InChI=1S/C7H14N4OS/c1-5(4-12)11(2)3-6-7(8)13-10-9-6/h5,12H,3-4,8H2,1-2H3. The third kappa shape index (κ3) is 2.61. The van der Waals surface area contributed by atoms with Crippen LogP contribution in [0.5, 0.6) is 0 Å². The number of anilines is 1. The fourth-order valence-corrected chi connectivity index (χ4v) is 1.29. The zero-order chi connectivity index (χ0) is 9.84. The Morgan fingerprint density at radius 1 is 1.69 bits per heavy atom. The topological polar surface area (TPSA) is 75.3 Å². The molecule has 0 saturated carbocycles. The summed E-state index contributed by atoms with van der Waals surface area (Å²) in [6, 6.07) is 0.112. The summed E-state index contributed by atoms with van der Waals surface area (Å²) in [6.45, 7) is 2.70. The van der Waals surface area contributed by atoms with Gasteiger partial charge >= 0.3 is 0 Å². The highest BCUT2D eigenvalue weighted by molar-refractivity contribution is 7.09. The highest BCUT2D eigenvalue weighted by Crippen LogP contribution is 2.14. The first-order chi connectivity index (χ1) is 6.15. The zero-order valence-corrected chi connectivity index (χ0v) is 8.58. The molecule has 1 aromatic rings. The van der Waals surface area contributed by atoms with Crippen LogP contribution in [0.15, 0.2) is 0 Å². The van der Waals surface area contributed by atoms with Crippen LogP contribution < -0.4 is 5.73 Å². The summed E-state index contributed by atoms with van der Waals surface area (Å²) in [5.41, 5.74) is 6.42. The van der Waals surface area contributed by atoms with E-state index < -0.39 is 0 Å². The van der Waals surface area contributed by atoms with Gasteiger partial charge in [0.25, 0.3) is 0 Å². The maximum atomic E-state index is 8.90. The van der Waals surface area contributed by atoms with Gasteiger partial charge in [-0.3, -0.25) is 4.90 Å². The number of aliphatic hydroxyl groups is 1. The predicted molar refractivity (Wildman–Crippen MR) is 52.3 cm³/mol. The summed E-state index contributed by atoms with van der Waals surface area (Å²) in [4.78, 5) is 1.98. The number of hydrogen-bond donors (Lipinski definition) is 2. The molecule has 0 aliphatic carbocycles. The smallest absolute Gasteiger partial charge is 0.132 e. The minimum Gasteiger partial charge on any atom is -0.395 e. The summed E-state index contributed by atoms with van der Waals surface area (Å²) in [5, 5.41) is 13.4. The molecule has 1 aromatic heterocycles. The lowest BCUT2D eigenvalue weighted by Crippen LogP contribution is -2.31. The zero-order valence-electron chi connectivity index (χ0n) is 7.77. The molecule has 0 spiro atoms. The Kier molecular flexibility index (Phi) is 3.58. The van der Waals surface area contributed by atoms with E-state index in [1.807, 2.05) is 18.9 Å². The lowest BCUT2D eigenvalue weighted by atomic mass is 10.3. The van der Waals surface area contributed by atoms with Crippen molar-refractivity contribution in [3.05, 3.63) is 5.69 Å². The van der Waals surface area contributed by atoms with Crippen LogP contribution in [-0.4, -0.2) is 39.3 Å². The first-order valence-electron chi connectivity index (χ1n) is 4.03. The van der Waals surface area contributed by atoms with Crippen LogP contribution in [0.1, 0.15) is 12.6 Å². The van der Waals surface area contributed by atoms with Gasteiger partial charge in [0.2, 0.25) is 0 Å². The molecule has 0 aromatic carbocycles. The van der Waals surface area contributed by atoms with Crippen molar-refractivity contribution in [2.75, 3.05) is 19.4 Å². The molecule has 0 bridgehead atoms. The van der Waals surface area contributed by atoms with Gasteiger partial charge in [-0.15, -0.1) is 5.10 Å². The van der Waals surface area contributed by atoms with E-state index in [9.17, 15) is 0 Å². The van der Waals surface area contributed by atoms with Gasteiger partial charge in [-0.05, 0) is 14.0 Å². The van der Waals surface area contributed by atoms with E-state index in [0.29, 0.717) is 11.5 Å². The number of likely N-dealkylation sites (N-methyl/N-ethyl adjacent to an activating group) is 1. The van der Waals surface area contributed by atoms with E-state index in [2.05, 4.69) is 9.59 Å². The molecule has 1 unspecified atom stereocenters. The third-order valence-electron chi connectivity index (χ3n) is 2.00. The Balaban J connectivity index is 2.54. The van der Waals surface area contributed by atoms with Crippen LogP contribution in [-0.2, 0) is 6.54 Å². The average Bonchev–Trinajstić information content (AvgIpc) is 2.50. The summed E-state index contributed by atoms with van der Waals surface area (Å²) in [6.07, 6.45) is 0. The van der Waals surface area contributed by atoms with Crippen LogP contribution in [0.2, 0.25) is 0 Å². The summed E-state index contributed by atoms with van der Waals surface area (Å²) in [5.74, 6) is 0. The number of rotatable bonds is 4. The van der Waals surface area contributed by atoms with E-state index in [4.69, 9.17) is 10.8 Å². The Hall–Kier alpha value is -0.720. The van der Waals surface area contributed by atoms with E-state index in [1.165, 1.54) is 11.5 Å². The second-order valence-corrected chi connectivity index (χ2v) is 3.82. The molecular weight excluding hydrogens is 188 g/mol. The van der Waals surface area contributed by atoms with Crippen LogP contribution in [0.4, 0.5) is 5.00 Å². The molecule has 0 aliphatic rings. The molecule has 13 heavy (non-hydrogen) atoms. The number of aromatic nitrogens is 2. The minimum atomic E-state index is 0.112. The predicted octanol–water partition coefficient (Wildman–Crippen LogP) is -0.0671. The lowest BCUT2D eigenvalue weighted by molar-refractivity contribution is 0.153. The normalized spacial score (nSPS) is 13.5. The van der Waals surface area contributed by atoms with Crippen LogP contribution in [0, 0.1) is 0 Å². The van der Waals surface area contributed by atoms with Crippen LogP contribution >= 0.6 is 11.5 Å². The molecule has 0 fully saturated rings. The minimum absolute atomic E-state index is 0.112. The summed E-state index contributed by atoms with van der Waals surface area (Å²) in [7, 11) is 1.92. The van der Waals surface area contributed by atoms with Gasteiger partial charge in [0.05, 0.1) is 6.61 Å². The van der Waals surface area contributed by atoms with Crippen molar-refractivity contribution < 1.29 is 5.11 Å². The Labute approximate surface area is 81.3 Å². The number of hydrogen-bond acceptors (Lipinski definition) is 6. The molecule has 0 amide bonds. The largest absolute Gasteiger partial charge is 0.395 e. The van der Waals surface area contributed by atoms with Crippen molar-refractivity contribution in [1.82, 2.24) is 14.5 Å². The van der Waals surface area contributed by atoms with E-state index in [0.717, 1.165) is 5.69 Å². The van der Waals surface area contributed by atoms with Gasteiger partial charge in [-0.25, -0.2) is 0 Å². The molecule has 0 radical (unpaired) electrons. The van der Waals surface area contributed by atoms with Gasteiger partial charge in [0.15, 0.2) is 0 Å². The van der Waals surface area contributed by atoms with E-state index in [-0.39, 0.29) is 12.6 Å². The van der Waals surface area contributed by atoms with Crippen molar-refractivity contribution >= 4 is 16.5 Å². The van der Waals surface area contributed by atoms with E-state index in [1.54, 1.807) is 0 Å². The van der Waals surface area contributed by atoms with Crippen molar-refractivity contribution in [2.45, 2.75) is 19.5 Å². The van der Waals surface area contributed by atoms with Crippen LogP contribution in [0.3, 0.4) is 0 Å². The highest BCUT2D eigenvalue weighted by atomic mass is 32.1. The molecule has 6 heteroatoms. The molecule has 74 valence electrons. The fourth-order valence-electron chi connectivity index (χ4n) is 0.857. The molecule has 3 N–H and O–H groups in total. The second kappa shape index (κ2) is 4.50. The maximum Gasteiger partial charge on any atom is 0.132 e. The molecule has 0 aliphatic heterocycles. The van der Waals surface area contributed by atoms with Gasteiger partial charge < -0.3 is 10.8 Å². The maximum absolute atomic E-state index is 8.90. The number of nitrogens with zero attached hydrogens (tertiary/aromatic N) is 3. The quantitative estimate of drug-likeness (QED) is 0.715. The monoisotopic (exact) mass is 202 g/mol. The SMILES string of the molecule is CC(CO)N(C)Cc1nnsc1N.